The van der Waals surface area contributed by atoms with Gasteiger partial charge in [-0.3, -0.25) is 4.79 Å². The standard InChI is InChI=1S/C13H11FN6O/c14-9-3-1-2-8(6-9)13-18-17-12-5-4-11(19-20(12)13)16-7-10(15)21/h1-6H,7H2,(H2,15,21)(H,16,19). The van der Waals surface area contributed by atoms with Crippen LogP contribution in [0.25, 0.3) is 17.0 Å². The van der Waals surface area contributed by atoms with Gasteiger partial charge in [0.15, 0.2) is 11.5 Å². The van der Waals surface area contributed by atoms with Gasteiger partial charge in [0.2, 0.25) is 5.91 Å². The molecule has 0 aliphatic heterocycles. The molecule has 0 radical (unpaired) electrons. The number of hydrogen-bond acceptors (Lipinski definition) is 5. The minimum absolute atomic E-state index is 0.0318. The lowest BCUT2D eigenvalue weighted by Crippen LogP contribution is -2.22. The zero-order chi connectivity index (χ0) is 14.8. The Labute approximate surface area is 118 Å². The Morgan fingerprint density at radius 2 is 2.14 bits per heavy atom. The van der Waals surface area contributed by atoms with E-state index in [-0.39, 0.29) is 12.4 Å². The molecule has 3 N–H and O–H groups in total. The number of primary amides is 1. The monoisotopic (exact) mass is 286 g/mol. The minimum atomic E-state index is -0.494. The number of nitrogens with zero attached hydrogens (tertiary/aromatic N) is 4. The van der Waals surface area contributed by atoms with Crippen LogP contribution in [0.2, 0.25) is 0 Å². The highest BCUT2D eigenvalue weighted by molar-refractivity contribution is 5.78. The van der Waals surface area contributed by atoms with Gasteiger partial charge in [-0.15, -0.1) is 15.3 Å². The number of benzene rings is 1. The summed E-state index contributed by atoms with van der Waals surface area (Å²) >= 11 is 0. The fourth-order valence-electron chi connectivity index (χ4n) is 1.87. The van der Waals surface area contributed by atoms with E-state index in [1.807, 2.05) is 0 Å². The van der Waals surface area contributed by atoms with Gasteiger partial charge in [0.05, 0.1) is 6.54 Å². The number of rotatable bonds is 4. The highest BCUT2D eigenvalue weighted by Gasteiger charge is 2.10. The smallest absolute Gasteiger partial charge is 0.236 e. The molecule has 3 rings (SSSR count). The van der Waals surface area contributed by atoms with Crippen molar-refractivity contribution in [2.24, 2.45) is 5.73 Å². The molecule has 21 heavy (non-hydrogen) atoms. The highest BCUT2D eigenvalue weighted by atomic mass is 19.1. The molecule has 0 saturated carbocycles. The van der Waals surface area contributed by atoms with E-state index in [0.717, 1.165) is 0 Å². The SMILES string of the molecule is NC(=O)CNc1ccc2nnc(-c3cccc(F)c3)n2n1. The first-order valence-corrected chi connectivity index (χ1v) is 6.14. The lowest BCUT2D eigenvalue weighted by molar-refractivity contribution is -0.116. The molecular formula is C13H11FN6O. The van der Waals surface area contributed by atoms with Crippen molar-refractivity contribution >= 4 is 17.4 Å². The summed E-state index contributed by atoms with van der Waals surface area (Å²) in [5, 5.41) is 15.0. The average Bonchev–Trinajstić information content (AvgIpc) is 2.88. The molecular weight excluding hydrogens is 275 g/mol. The molecule has 8 heteroatoms. The van der Waals surface area contributed by atoms with E-state index in [0.29, 0.717) is 22.9 Å². The van der Waals surface area contributed by atoms with Crippen molar-refractivity contribution in [2.45, 2.75) is 0 Å². The molecule has 0 spiro atoms. The number of hydrogen-bond donors (Lipinski definition) is 2. The summed E-state index contributed by atoms with van der Waals surface area (Å²) in [4.78, 5) is 10.8. The van der Waals surface area contributed by atoms with Crippen molar-refractivity contribution in [2.75, 3.05) is 11.9 Å². The number of halogens is 1. The average molecular weight is 286 g/mol. The number of aromatic nitrogens is 4. The molecule has 1 aromatic carbocycles. The van der Waals surface area contributed by atoms with Crippen molar-refractivity contribution in [3.63, 3.8) is 0 Å². The maximum absolute atomic E-state index is 13.3. The first kappa shape index (κ1) is 13.0. The van der Waals surface area contributed by atoms with Crippen LogP contribution in [0, 0.1) is 5.82 Å². The van der Waals surface area contributed by atoms with Gasteiger partial charge in [-0.2, -0.15) is 4.52 Å². The summed E-state index contributed by atoms with van der Waals surface area (Å²) in [6, 6.07) is 9.34. The number of nitrogens with one attached hydrogen (secondary N) is 1. The molecule has 0 aliphatic rings. The van der Waals surface area contributed by atoms with Gasteiger partial charge in [-0.05, 0) is 24.3 Å². The Morgan fingerprint density at radius 1 is 1.29 bits per heavy atom. The van der Waals surface area contributed by atoms with Crippen LogP contribution in [0.5, 0.6) is 0 Å². The molecule has 0 aliphatic carbocycles. The predicted octanol–water partition coefficient (Wildman–Crippen LogP) is 0.828. The van der Waals surface area contributed by atoms with Crippen LogP contribution >= 0.6 is 0 Å². The third-order valence-electron chi connectivity index (χ3n) is 2.79. The van der Waals surface area contributed by atoms with E-state index in [1.165, 1.54) is 16.6 Å². The van der Waals surface area contributed by atoms with Crippen LogP contribution in [0.1, 0.15) is 0 Å². The molecule has 0 bridgehead atoms. The number of amides is 1. The van der Waals surface area contributed by atoms with E-state index in [2.05, 4.69) is 20.6 Å². The third-order valence-corrected chi connectivity index (χ3v) is 2.79. The van der Waals surface area contributed by atoms with Crippen molar-refractivity contribution < 1.29 is 9.18 Å². The molecule has 2 aromatic heterocycles. The fraction of sp³-hybridized carbons (Fsp3) is 0.0769. The van der Waals surface area contributed by atoms with E-state index in [1.54, 1.807) is 24.3 Å². The van der Waals surface area contributed by atoms with Crippen LogP contribution < -0.4 is 11.1 Å². The van der Waals surface area contributed by atoms with Crippen LogP contribution in [0.15, 0.2) is 36.4 Å². The second kappa shape index (κ2) is 5.16. The molecule has 7 nitrogen and oxygen atoms in total. The molecule has 0 saturated heterocycles. The molecule has 1 amide bonds. The Morgan fingerprint density at radius 3 is 2.90 bits per heavy atom. The summed E-state index contributed by atoms with van der Waals surface area (Å²) in [6.45, 7) is -0.0318. The second-order valence-electron chi connectivity index (χ2n) is 4.34. The first-order chi connectivity index (χ1) is 10.1. The van der Waals surface area contributed by atoms with Crippen molar-refractivity contribution in [3.05, 3.63) is 42.2 Å². The lowest BCUT2D eigenvalue weighted by atomic mass is 10.2. The summed E-state index contributed by atoms with van der Waals surface area (Å²) in [7, 11) is 0. The summed E-state index contributed by atoms with van der Waals surface area (Å²) < 4.78 is 14.8. The number of carbonyl (C=O) groups excluding carboxylic acids is 1. The molecule has 0 fully saturated rings. The maximum Gasteiger partial charge on any atom is 0.236 e. The summed E-state index contributed by atoms with van der Waals surface area (Å²) in [5.41, 5.74) is 6.14. The minimum Gasteiger partial charge on any atom is -0.368 e. The van der Waals surface area contributed by atoms with Gasteiger partial charge >= 0.3 is 0 Å². The summed E-state index contributed by atoms with van der Waals surface area (Å²) in [6.07, 6.45) is 0. The zero-order valence-electron chi connectivity index (χ0n) is 10.8. The Kier molecular flexibility index (Phi) is 3.19. The predicted molar refractivity (Wildman–Crippen MR) is 73.9 cm³/mol. The largest absolute Gasteiger partial charge is 0.368 e. The Bertz CT molecular complexity index is 815. The third kappa shape index (κ3) is 2.64. The fourth-order valence-corrected chi connectivity index (χ4v) is 1.87. The molecule has 3 aromatic rings. The maximum atomic E-state index is 13.3. The van der Waals surface area contributed by atoms with E-state index < -0.39 is 5.91 Å². The Balaban J connectivity index is 2.03. The second-order valence-corrected chi connectivity index (χ2v) is 4.34. The van der Waals surface area contributed by atoms with E-state index in [4.69, 9.17) is 5.73 Å². The topological polar surface area (TPSA) is 98.2 Å². The summed E-state index contributed by atoms with van der Waals surface area (Å²) in [5.74, 6) is -0.00996. The lowest BCUT2D eigenvalue weighted by Gasteiger charge is -2.04. The van der Waals surface area contributed by atoms with Crippen LogP contribution in [-0.4, -0.2) is 32.3 Å². The van der Waals surface area contributed by atoms with E-state index >= 15 is 0 Å². The van der Waals surface area contributed by atoms with Crippen molar-refractivity contribution in [1.29, 1.82) is 0 Å². The number of fused-ring (bicyclic) bond motifs is 1. The zero-order valence-corrected chi connectivity index (χ0v) is 10.8. The van der Waals surface area contributed by atoms with Gasteiger partial charge in [0, 0.05) is 5.56 Å². The van der Waals surface area contributed by atoms with Crippen LogP contribution in [0.4, 0.5) is 10.2 Å². The van der Waals surface area contributed by atoms with Gasteiger partial charge < -0.3 is 11.1 Å². The normalized spacial score (nSPS) is 10.7. The number of carbonyl (C=O) groups is 1. The molecule has 0 unspecified atom stereocenters. The van der Waals surface area contributed by atoms with Crippen LogP contribution in [0.3, 0.4) is 0 Å². The van der Waals surface area contributed by atoms with Gasteiger partial charge in [-0.25, -0.2) is 4.39 Å². The van der Waals surface area contributed by atoms with Crippen LogP contribution in [-0.2, 0) is 4.79 Å². The first-order valence-electron chi connectivity index (χ1n) is 6.14. The highest BCUT2D eigenvalue weighted by Crippen LogP contribution is 2.19. The molecule has 0 atom stereocenters. The Hall–Kier alpha value is -3.03. The molecule has 2 heterocycles. The van der Waals surface area contributed by atoms with Gasteiger partial charge in [0.25, 0.3) is 0 Å². The van der Waals surface area contributed by atoms with Gasteiger partial charge in [-0.1, -0.05) is 12.1 Å². The van der Waals surface area contributed by atoms with E-state index in [9.17, 15) is 9.18 Å². The quantitative estimate of drug-likeness (QED) is 0.740. The number of nitrogens with two attached hydrogens (primary N) is 1. The molecule has 106 valence electrons. The van der Waals surface area contributed by atoms with Gasteiger partial charge in [0.1, 0.15) is 11.6 Å². The van der Waals surface area contributed by atoms with Crippen molar-refractivity contribution in [3.8, 4) is 11.4 Å². The van der Waals surface area contributed by atoms with Crippen molar-refractivity contribution in [1.82, 2.24) is 19.8 Å². The number of anilines is 1.